The van der Waals surface area contributed by atoms with Gasteiger partial charge in [0.05, 0.1) is 13.3 Å². The minimum atomic E-state index is -0.403. The Balaban J connectivity index is 1.64. The second kappa shape index (κ2) is 11.6. The van der Waals surface area contributed by atoms with Crippen molar-refractivity contribution in [3.05, 3.63) is 84.2 Å². The maximum Gasteiger partial charge on any atom is 0.410 e. The number of anilines is 1. The van der Waals surface area contributed by atoms with Crippen LogP contribution < -0.4 is 14.4 Å². The van der Waals surface area contributed by atoms with E-state index in [2.05, 4.69) is 4.98 Å². The van der Waals surface area contributed by atoms with Crippen LogP contribution in [0.5, 0.6) is 11.5 Å². The number of carbonyl (C=O) groups is 1. The molecule has 3 rings (SSSR count). The normalized spacial score (nSPS) is 10.3. The lowest BCUT2D eigenvalue weighted by Gasteiger charge is -2.23. The van der Waals surface area contributed by atoms with Crippen LogP contribution in [0.1, 0.15) is 11.1 Å². The van der Waals surface area contributed by atoms with Gasteiger partial charge in [0.25, 0.3) is 0 Å². The molecule has 7 heteroatoms. The largest absolute Gasteiger partial charge is 0.497 e. The molecular weight excluding hydrogens is 406 g/mol. The number of pyridine rings is 1. The predicted octanol–water partition coefficient (Wildman–Crippen LogP) is 4.37. The molecule has 0 bridgehead atoms. The number of benzene rings is 2. The maximum absolute atomic E-state index is 12.9. The Labute approximate surface area is 189 Å². The van der Waals surface area contributed by atoms with E-state index < -0.39 is 6.09 Å². The van der Waals surface area contributed by atoms with Gasteiger partial charge in [0.2, 0.25) is 0 Å². The van der Waals surface area contributed by atoms with Gasteiger partial charge in [-0.15, -0.1) is 0 Å². The van der Waals surface area contributed by atoms with Gasteiger partial charge in [0.15, 0.2) is 0 Å². The van der Waals surface area contributed by atoms with Crippen molar-refractivity contribution in [2.24, 2.45) is 0 Å². The molecule has 32 heavy (non-hydrogen) atoms. The summed E-state index contributed by atoms with van der Waals surface area (Å²) in [5.41, 5.74) is 3.07. The van der Waals surface area contributed by atoms with Crippen molar-refractivity contribution in [1.82, 2.24) is 9.88 Å². The fourth-order valence-corrected chi connectivity index (χ4v) is 3.11. The number of hydrogen-bond acceptors (Lipinski definition) is 6. The fraction of sp³-hybridized carbons (Fsp3) is 0.280. The van der Waals surface area contributed by atoms with Crippen molar-refractivity contribution in [3.63, 3.8) is 0 Å². The van der Waals surface area contributed by atoms with Gasteiger partial charge in [0, 0.05) is 39.1 Å². The average Bonchev–Trinajstić information content (AvgIpc) is 2.82. The molecule has 0 saturated carbocycles. The molecule has 0 fully saturated rings. The monoisotopic (exact) mass is 435 g/mol. The molecule has 0 aliphatic rings. The number of nitrogens with zero attached hydrogens (tertiary/aromatic N) is 3. The van der Waals surface area contributed by atoms with Crippen molar-refractivity contribution in [3.8, 4) is 11.5 Å². The zero-order valence-corrected chi connectivity index (χ0v) is 18.7. The molecule has 1 aromatic heterocycles. The highest BCUT2D eigenvalue weighted by atomic mass is 16.6. The maximum atomic E-state index is 12.9. The van der Waals surface area contributed by atoms with Crippen LogP contribution >= 0.6 is 0 Å². The molecule has 3 aromatic rings. The zero-order valence-electron chi connectivity index (χ0n) is 18.7. The van der Waals surface area contributed by atoms with E-state index in [0.29, 0.717) is 18.8 Å². The van der Waals surface area contributed by atoms with E-state index in [1.54, 1.807) is 36.5 Å². The molecule has 0 radical (unpaired) electrons. The summed E-state index contributed by atoms with van der Waals surface area (Å²) in [5.74, 6) is 1.38. The Morgan fingerprint density at radius 3 is 2.34 bits per heavy atom. The second-order valence-corrected chi connectivity index (χ2v) is 7.42. The summed E-state index contributed by atoms with van der Waals surface area (Å²) >= 11 is 0. The minimum Gasteiger partial charge on any atom is -0.497 e. The fourth-order valence-electron chi connectivity index (χ4n) is 3.11. The van der Waals surface area contributed by atoms with E-state index >= 15 is 0 Å². The molecule has 0 aliphatic heterocycles. The third kappa shape index (κ3) is 6.91. The van der Waals surface area contributed by atoms with Crippen molar-refractivity contribution >= 4 is 11.8 Å². The highest BCUT2D eigenvalue weighted by molar-refractivity contribution is 5.67. The van der Waals surface area contributed by atoms with E-state index in [0.717, 1.165) is 22.6 Å². The number of methoxy groups -OCH3 is 1. The number of carbonyl (C=O) groups excluding carboxylic acids is 1. The third-order valence-corrected chi connectivity index (χ3v) is 4.80. The average molecular weight is 436 g/mol. The Morgan fingerprint density at radius 1 is 0.906 bits per heavy atom. The van der Waals surface area contributed by atoms with Crippen LogP contribution in [0.15, 0.2) is 73.1 Å². The van der Waals surface area contributed by atoms with E-state index in [1.807, 2.05) is 67.5 Å². The van der Waals surface area contributed by atoms with Gasteiger partial charge in [-0.3, -0.25) is 9.88 Å². The topological polar surface area (TPSA) is 64.1 Å². The SMILES string of the molecule is COc1cccc(CN(Cc2ccc(N(C)C)cc2)C(=O)OCCOc2cccnc2)c1. The molecule has 0 unspecified atom stereocenters. The van der Waals surface area contributed by atoms with Gasteiger partial charge in [-0.25, -0.2) is 4.79 Å². The first kappa shape index (κ1) is 22.9. The summed E-state index contributed by atoms with van der Waals surface area (Å²) < 4.78 is 16.4. The van der Waals surface area contributed by atoms with Crippen LogP contribution in [0.3, 0.4) is 0 Å². The summed E-state index contributed by atoms with van der Waals surface area (Å²) in [6, 6.07) is 19.4. The van der Waals surface area contributed by atoms with Gasteiger partial charge in [-0.1, -0.05) is 24.3 Å². The first-order valence-electron chi connectivity index (χ1n) is 10.4. The van der Waals surface area contributed by atoms with Crippen molar-refractivity contribution in [1.29, 1.82) is 0 Å². The Morgan fingerprint density at radius 2 is 1.66 bits per heavy atom. The van der Waals surface area contributed by atoms with Crippen LogP contribution in [0.2, 0.25) is 0 Å². The molecule has 0 spiro atoms. The predicted molar refractivity (Wildman–Crippen MR) is 124 cm³/mol. The molecule has 0 aliphatic carbocycles. The molecule has 168 valence electrons. The molecular formula is C25H29N3O4. The lowest BCUT2D eigenvalue weighted by molar-refractivity contribution is 0.0835. The van der Waals surface area contributed by atoms with E-state index in [-0.39, 0.29) is 13.2 Å². The summed E-state index contributed by atoms with van der Waals surface area (Å²) in [4.78, 5) is 20.6. The van der Waals surface area contributed by atoms with Crippen molar-refractivity contribution < 1.29 is 19.0 Å². The van der Waals surface area contributed by atoms with Gasteiger partial charge < -0.3 is 19.1 Å². The molecule has 7 nitrogen and oxygen atoms in total. The number of rotatable bonds is 10. The van der Waals surface area contributed by atoms with Gasteiger partial charge in [-0.05, 0) is 47.5 Å². The van der Waals surface area contributed by atoms with Crippen LogP contribution in [0.25, 0.3) is 0 Å². The molecule has 0 atom stereocenters. The van der Waals surface area contributed by atoms with Crippen molar-refractivity contribution in [2.75, 3.05) is 39.3 Å². The van der Waals surface area contributed by atoms with Crippen molar-refractivity contribution in [2.45, 2.75) is 13.1 Å². The lowest BCUT2D eigenvalue weighted by atomic mass is 10.1. The van der Waals surface area contributed by atoms with Crippen LogP contribution in [0, 0.1) is 0 Å². The van der Waals surface area contributed by atoms with Crippen LogP contribution in [0.4, 0.5) is 10.5 Å². The van der Waals surface area contributed by atoms with Gasteiger partial charge >= 0.3 is 6.09 Å². The highest BCUT2D eigenvalue weighted by Crippen LogP contribution is 2.18. The number of hydrogen-bond donors (Lipinski definition) is 0. The molecule has 2 aromatic carbocycles. The number of ether oxygens (including phenoxy) is 3. The standard InChI is InChI=1S/C25H29N3O4/c1-27(2)22-11-9-20(10-12-22)18-28(19-21-6-4-7-23(16-21)30-3)25(29)32-15-14-31-24-8-5-13-26-17-24/h4-13,16-17H,14-15,18-19H2,1-3H3. The molecule has 1 amide bonds. The van der Waals surface area contributed by atoms with Crippen LogP contribution in [-0.2, 0) is 17.8 Å². The Bertz CT molecular complexity index is 978. The third-order valence-electron chi connectivity index (χ3n) is 4.80. The molecule has 0 N–H and O–H groups in total. The zero-order chi connectivity index (χ0) is 22.8. The molecule has 0 saturated heterocycles. The summed E-state index contributed by atoms with van der Waals surface area (Å²) in [6.45, 7) is 1.21. The number of amides is 1. The quantitative estimate of drug-likeness (QED) is 0.441. The van der Waals surface area contributed by atoms with E-state index in [9.17, 15) is 4.79 Å². The minimum absolute atomic E-state index is 0.141. The summed E-state index contributed by atoms with van der Waals surface area (Å²) in [7, 11) is 5.61. The first-order valence-corrected chi connectivity index (χ1v) is 10.4. The smallest absolute Gasteiger partial charge is 0.410 e. The summed E-state index contributed by atoms with van der Waals surface area (Å²) in [6.07, 6.45) is 2.89. The summed E-state index contributed by atoms with van der Waals surface area (Å²) in [5, 5.41) is 0. The number of aromatic nitrogens is 1. The highest BCUT2D eigenvalue weighted by Gasteiger charge is 2.17. The van der Waals surface area contributed by atoms with E-state index in [1.165, 1.54) is 0 Å². The Hall–Kier alpha value is -3.74. The molecule has 1 heterocycles. The van der Waals surface area contributed by atoms with Gasteiger partial charge in [0.1, 0.15) is 24.7 Å². The van der Waals surface area contributed by atoms with Gasteiger partial charge in [-0.2, -0.15) is 0 Å². The second-order valence-electron chi connectivity index (χ2n) is 7.42. The Kier molecular flexibility index (Phi) is 8.31. The van der Waals surface area contributed by atoms with E-state index in [4.69, 9.17) is 14.2 Å². The lowest BCUT2D eigenvalue weighted by Crippen LogP contribution is -2.31. The van der Waals surface area contributed by atoms with Crippen LogP contribution in [-0.4, -0.2) is 50.4 Å². The first-order chi connectivity index (χ1) is 15.5.